The number of esters is 1. The minimum absolute atomic E-state index is 0.102. The highest BCUT2D eigenvalue weighted by atomic mass is 16.5. The number of rotatable bonds is 5. The molecule has 0 bridgehead atoms. The van der Waals surface area contributed by atoms with Crippen LogP contribution in [0.3, 0.4) is 0 Å². The van der Waals surface area contributed by atoms with Gasteiger partial charge in [-0.3, -0.25) is 4.79 Å². The lowest BCUT2D eigenvalue weighted by Gasteiger charge is -2.12. The summed E-state index contributed by atoms with van der Waals surface area (Å²) >= 11 is 0. The van der Waals surface area contributed by atoms with Crippen LogP contribution < -0.4 is 5.32 Å². The number of carbonyl (C=O) groups is 1. The molecule has 4 nitrogen and oxygen atoms in total. The molecule has 1 aromatic carbocycles. The fourth-order valence-corrected chi connectivity index (χ4v) is 2.01. The summed E-state index contributed by atoms with van der Waals surface area (Å²) < 4.78 is 4.89. The third kappa shape index (κ3) is 2.71. The van der Waals surface area contributed by atoms with Crippen molar-refractivity contribution >= 4 is 16.9 Å². The zero-order chi connectivity index (χ0) is 13.0. The van der Waals surface area contributed by atoms with Crippen LogP contribution in [-0.4, -0.2) is 24.1 Å². The first-order valence-electron chi connectivity index (χ1n) is 6.17. The predicted octanol–water partition coefficient (Wildman–Crippen LogP) is 2.38. The van der Waals surface area contributed by atoms with Crippen LogP contribution in [0.15, 0.2) is 30.5 Å². The Morgan fingerprint density at radius 3 is 3.00 bits per heavy atom. The molecule has 18 heavy (non-hydrogen) atoms. The first-order valence-corrected chi connectivity index (χ1v) is 6.17. The van der Waals surface area contributed by atoms with Crippen molar-refractivity contribution in [3.8, 4) is 0 Å². The minimum Gasteiger partial charge on any atom is -0.465 e. The van der Waals surface area contributed by atoms with Gasteiger partial charge in [0.1, 0.15) is 0 Å². The highest BCUT2D eigenvalue weighted by Crippen LogP contribution is 2.23. The van der Waals surface area contributed by atoms with Crippen LogP contribution in [0.2, 0.25) is 0 Å². The van der Waals surface area contributed by atoms with Crippen LogP contribution in [0.4, 0.5) is 0 Å². The number of ether oxygens (including phenoxy) is 1. The predicted molar refractivity (Wildman–Crippen MR) is 71.3 cm³/mol. The molecule has 1 aromatic heterocycles. The number of para-hydroxylation sites is 1. The molecule has 2 N–H and O–H groups in total. The average molecular weight is 246 g/mol. The number of aromatic nitrogens is 1. The Morgan fingerprint density at radius 1 is 1.44 bits per heavy atom. The van der Waals surface area contributed by atoms with Gasteiger partial charge in [0.05, 0.1) is 13.2 Å². The Balaban J connectivity index is 2.05. The molecule has 1 heterocycles. The van der Waals surface area contributed by atoms with Gasteiger partial charge in [-0.2, -0.15) is 0 Å². The number of nitrogens with one attached hydrogen (secondary N) is 2. The molecule has 0 aliphatic rings. The van der Waals surface area contributed by atoms with Crippen LogP contribution >= 0.6 is 0 Å². The Bertz CT molecular complexity index is 533. The van der Waals surface area contributed by atoms with E-state index >= 15 is 0 Å². The van der Waals surface area contributed by atoms with Gasteiger partial charge in [0.25, 0.3) is 0 Å². The maximum absolute atomic E-state index is 11.3. The topological polar surface area (TPSA) is 54.1 Å². The second kappa shape index (κ2) is 5.69. The van der Waals surface area contributed by atoms with Gasteiger partial charge in [0.2, 0.25) is 0 Å². The van der Waals surface area contributed by atoms with E-state index in [0.717, 1.165) is 11.1 Å². The molecular formula is C14H18N2O2. The highest BCUT2D eigenvalue weighted by molar-refractivity contribution is 5.83. The van der Waals surface area contributed by atoms with Crippen molar-refractivity contribution in [3.63, 3.8) is 0 Å². The van der Waals surface area contributed by atoms with Crippen LogP contribution in [0.5, 0.6) is 0 Å². The van der Waals surface area contributed by atoms with E-state index < -0.39 is 0 Å². The zero-order valence-corrected chi connectivity index (χ0v) is 10.7. The third-order valence-corrected chi connectivity index (χ3v) is 2.95. The van der Waals surface area contributed by atoms with E-state index in [2.05, 4.69) is 16.4 Å². The minimum atomic E-state index is -0.218. The lowest BCUT2D eigenvalue weighted by molar-refractivity contribution is -0.142. The summed E-state index contributed by atoms with van der Waals surface area (Å²) in [7, 11) is 0. The lowest BCUT2D eigenvalue weighted by Crippen LogP contribution is -2.27. The molecule has 0 amide bonds. The normalized spacial score (nSPS) is 12.6. The lowest BCUT2D eigenvalue weighted by atomic mass is 10.1. The number of aromatic amines is 1. The highest BCUT2D eigenvalue weighted by Gasteiger charge is 2.12. The van der Waals surface area contributed by atoms with E-state index in [4.69, 9.17) is 4.74 Å². The van der Waals surface area contributed by atoms with Crippen LogP contribution in [0.1, 0.15) is 25.5 Å². The summed E-state index contributed by atoms with van der Waals surface area (Å²) in [4.78, 5) is 14.5. The molecule has 0 aliphatic heterocycles. The number of benzene rings is 1. The second-order valence-electron chi connectivity index (χ2n) is 4.20. The quantitative estimate of drug-likeness (QED) is 0.796. The number of hydrogen-bond donors (Lipinski definition) is 2. The van der Waals surface area contributed by atoms with E-state index in [-0.39, 0.29) is 18.6 Å². The second-order valence-corrected chi connectivity index (χ2v) is 4.20. The first-order chi connectivity index (χ1) is 8.72. The van der Waals surface area contributed by atoms with Crippen LogP contribution in [-0.2, 0) is 9.53 Å². The molecule has 0 saturated carbocycles. The fourth-order valence-electron chi connectivity index (χ4n) is 2.01. The molecule has 0 spiro atoms. The van der Waals surface area contributed by atoms with E-state index in [9.17, 15) is 4.79 Å². The van der Waals surface area contributed by atoms with Gasteiger partial charge in [-0.15, -0.1) is 0 Å². The monoisotopic (exact) mass is 246 g/mol. The van der Waals surface area contributed by atoms with Crippen molar-refractivity contribution in [1.82, 2.24) is 10.3 Å². The summed E-state index contributed by atoms with van der Waals surface area (Å²) in [5, 5.41) is 4.35. The van der Waals surface area contributed by atoms with Crippen molar-refractivity contribution < 1.29 is 9.53 Å². The van der Waals surface area contributed by atoms with Crippen molar-refractivity contribution in [2.24, 2.45) is 0 Å². The van der Waals surface area contributed by atoms with Gasteiger partial charge in [-0.05, 0) is 25.5 Å². The molecule has 0 radical (unpaired) electrons. The maximum atomic E-state index is 11.3. The molecule has 1 unspecified atom stereocenters. The molecule has 0 saturated heterocycles. The van der Waals surface area contributed by atoms with Gasteiger partial charge in [0.15, 0.2) is 0 Å². The summed E-state index contributed by atoms with van der Waals surface area (Å²) in [6.07, 6.45) is 1.98. The number of fused-ring (bicyclic) bond motifs is 1. The van der Waals surface area contributed by atoms with E-state index in [1.807, 2.05) is 31.3 Å². The molecule has 2 aromatic rings. The average Bonchev–Trinajstić information content (AvgIpc) is 2.80. The molecule has 1 atom stereocenters. The molecule has 0 aliphatic carbocycles. The summed E-state index contributed by atoms with van der Waals surface area (Å²) in [5.74, 6) is -0.218. The zero-order valence-electron chi connectivity index (χ0n) is 10.7. The molecule has 2 rings (SSSR count). The Hall–Kier alpha value is -1.81. The Morgan fingerprint density at radius 2 is 2.22 bits per heavy atom. The molecular weight excluding hydrogens is 228 g/mol. The number of carbonyl (C=O) groups excluding carboxylic acids is 1. The van der Waals surface area contributed by atoms with Crippen LogP contribution in [0, 0.1) is 0 Å². The van der Waals surface area contributed by atoms with Crippen molar-refractivity contribution in [3.05, 3.63) is 36.0 Å². The summed E-state index contributed by atoms with van der Waals surface area (Å²) in [6, 6.07) is 8.23. The van der Waals surface area contributed by atoms with Crippen molar-refractivity contribution in [2.45, 2.75) is 19.9 Å². The van der Waals surface area contributed by atoms with E-state index in [1.165, 1.54) is 5.39 Å². The number of hydrogen-bond acceptors (Lipinski definition) is 3. The Labute approximate surface area is 106 Å². The maximum Gasteiger partial charge on any atom is 0.319 e. The van der Waals surface area contributed by atoms with E-state index in [1.54, 1.807) is 6.92 Å². The summed E-state index contributed by atoms with van der Waals surface area (Å²) in [5.41, 5.74) is 2.27. The largest absolute Gasteiger partial charge is 0.465 e. The van der Waals surface area contributed by atoms with Crippen molar-refractivity contribution in [1.29, 1.82) is 0 Å². The van der Waals surface area contributed by atoms with Gasteiger partial charge < -0.3 is 15.0 Å². The fraction of sp³-hybridized carbons (Fsp3) is 0.357. The van der Waals surface area contributed by atoms with Crippen LogP contribution in [0.25, 0.3) is 10.9 Å². The molecule has 0 fully saturated rings. The van der Waals surface area contributed by atoms with Gasteiger partial charge >= 0.3 is 5.97 Å². The SMILES string of the molecule is CCOC(=O)CNC(C)c1c[nH]c2ccccc12. The van der Waals surface area contributed by atoms with Gasteiger partial charge in [-0.1, -0.05) is 18.2 Å². The smallest absolute Gasteiger partial charge is 0.319 e. The van der Waals surface area contributed by atoms with Gasteiger partial charge in [-0.25, -0.2) is 0 Å². The standard InChI is InChI=1S/C14H18N2O2/c1-3-18-14(17)9-15-10(2)12-8-16-13-7-5-4-6-11(12)13/h4-8,10,15-16H,3,9H2,1-2H3. The van der Waals surface area contributed by atoms with Crippen molar-refractivity contribution in [2.75, 3.05) is 13.2 Å². The molecule has 96 valence electrons. The molecule has 4 heteroatoms. The number of H-pyrrole nitrogens is 1. The van der Waals surface area contributed by atoms with Gasteiger partial charge in [0, 0.05) is 23.1 Å². The summed E-state index contributed by atoms with van der Waals surface area (Å²) in [6.45, 7) is 4.49. The Kier molecular flexibility index (Phi) is 3.99. The third-order valence-electron chi connectivity index (χ3n) is 2.95. The van der Waals surface area contributed by atoms with E-state index in [0.29, 0.717) is 6.61 Å². The first kappa shape index (κ1) is 12.6.